The van der Waals surface area contributed by atoms with Crippen LogP contribution in [0.15, 0.2) is 18.2 Å². The van der Waals surface area contributed by atoms with E-state index in [4.69, 9.17) is 5.11 Å². The molecule has 0 aromatic heterocycles. The van der Waals surface area contributed by atoms with Gasteiger partial charge in [0.25, 0.3) is 0 Å². The lowest BCUT2D eigenvalue weighted by Crippen LogP contribution is -2.07. The molecule has 0 spiro atoms. The SMILES string of the molecule is CC(=O)Nc1cc(I)cc(C(=O)O)c1. The van der Waals surface area contributed by atoms with Crippen molar-refractivity contribution in [2.45, 2.75) is 6.92 Å². The van der Waals surface area contributed by atoms with Crippen LogP contribution in [0.2, 0.25) is 0 Å². The smallest absolute Gasteiger partial charge is 0.335 e. The van der Waals surface area contributed by atoms with Gasteiger partial charge in [-0.25, -0.2) is 4.79 Å². The average Bonchev–Trinajstić information content (AvgIpc) is 2.01. The molecule has 0 aliphatic heterocycles. The molecule has 0 unspecified atom stereocenters. The van der Waals surface area contributed by atoms with Crippen molar-refractivity contribution in [3.63, 3.8) is 0 Å². The van der Waals surface area contributed by atoms with Gasteiger partial charge >= 0.3 is 5.97 Å². The van der Waals surface area contributed by atoms with Crippen molar-refractivity contribution in [1.29, 1.82) is 0 Å². The highest BCUT2D eigenvalue weighted by molar-refractivity contribution is 14.1. The summed E-state index contributed by atoms with van der Waals surface area (Å²) in [5, 5.41) is 11.3. The van der Waals surface area contributed by atoms with Gasteiger partial charge in [-0.2, -0.15) is 0 Å². The van der Waals surface area contributed by atoms with Crippen LogP contribution in [0.5, 0.6) is 0 Å². The minimum absolute atomic E-state index is 0.167. The lowest BCUT2D eigenvalue weighted by Gasteiger charge is -2.04. The van der Waals surface area contributed by atoms with Crippen molar-refractivity contribution < 1.29 is 14.7 Å². The van der Waals surface area contributed by atoms with Gasteiger partial charge in [0, 0.05) is 16.2 Å². The van der Waals surface area contributed by atoms with Crippen molar-refractivity contribution in [2.75, 3.05) is 5.32 Å². The Balaban J connectivity index is 3.07. The van der Waals surface area contributed by atoms with Crippen LogP contribution in [0.1, 0.15) is 17.3 Å². The van der Waals surface area contributed by atoms with Gasteiger partial charge in [-0.1, -0.05) is 0 Å². The number of carboxylic acid groups (broad SMARTS) is 1. The minimum atomic E-state index is -1.00. The standard InChI is InChI=1S/C9H8INO3/c1-5(12)11-8-3-6(9(13)14)2-7(10)4-8/h2-4H,1H3,(H,11,12)(H,13,14). The molecule has 0 bridgehead atoms. The van der Waals surface area contributed by atoms with E-state index in [0.717, 1.165) is 3.57 Å². The Morgan fingerprint density at radius 2 is 2.00 bits per heavy atom. The van der Waals surface area contributed by atoms with E-state index in [-0.39, 0.29) is 11.5 Å². The topological polar surface area (TPSA) is 66.4 Å². The minimum Gasteiger partial charge on any atom is -0.478 e. The fourth-order valence-corrected chi connectivity index (χ4v) is 1.66. The van der Waals surface area contributed by atoms with Gasteiger partial charge in [-0.3, -0.25) is 4.79 Å². The van der Waals surface area contributed by atoms with Gasteiger partial charge in [0.1, 0.15) is 0 Å². The van der Waals surface area contributed by atoms with E-state index >= 15 is 0 Å². The van der Waals surface area contributed by atoms with Crippen molar-refractivity contribution in [3.05, 3.63) is 27.3 Å². The molecule has 4 nitrogen and oxygen atoms in total. The number of amides is 1. The third-order valence-corrected chi connectivity index (χ3v) is 2.09. The Morgan fingerprint density at radius 3 is 2.50 bits per heavy atom. The highest BCUT2D eigenvalue weighted by atomic mass is 127. The first kappa shape index (κ1) is 11.0. The number of aromatic carboxylic acids is 1. The summed E-state index contributed by atoms with van der Waals surface area (Å²) in [6.07, 6.45) is 0. The molecule has 0 atom stereocenters. The first-order chi connectivity index (χ1) is 6.49. The molecule has 1 amide bonds. The monoisotopic (exact) mass is 305 g/mol. The molecule has 0 fully saturated rings. The first-order valence-corrected chi connectivity index (χ1v) is 4.88. The zero-order valence-corrected chi connectivity index (χ0v) is 9.53. The van der Waals surface area contributed by atoms with Gasteiger partial charge < -0.3 is 10.4 Å². The maximum atomic E-state index is 10.7. The predicted octanol–water partition coefficient (Wildman–Crippen LogP) is 1.95. The third-order valence-electron chi connectivity index (χ3n) is 1.47. The fourth-order valence-electron chi connectivity index (χ4n) is 0.989. The number of halogens is 1. The predicted molar refractivity (Wildman–Crippen MR) is 60.4 cm³/mol. The van der Waals surface area contributed by atoms with Crippen LogP contribution in [-0.2, 0) is 4.79 Å². The zero-order valence-electron chi connectivity index (χ0n) is 7.37. The summed E-state index contributed by atoms with van der Waals surface area (Å²) in [4.78, 5) is 21.4. The maximum absolute atomic E-state index is 10.7. The van der Waals surface area contributed by atoms with Gasteiger partial charge in [0.2, 0.25) is 5.91 Å². The summed E-state index contributed by atoms with van der Waals surface area (Å²) in [6, 6.07) is 4.66. The molecule has 0 saturated heterocycles. The molecule has 5 heteroatoms. The summed E-state index contributed by atoms with van der Waals surface area (Å²) >= 11 is 2.00. The number of carbonyl (C=O) groups is 2. The Hall–Kier alpha value is -1.11. The Bertz CT molecular complexity index is 390. The zero-order chi connectivity index (χ0) is 10.7. The van der Waals surface area contributed by atoms with E-state index in [1.54, 1.807) is 6.07 Å². The Kier molecular flexibility index (Phi) is 3.45. The van der Waals surface area contributed by atoms with E-state index in [1.807, 2.05) is 22.6 Å². The van der Waals surface area contributed by atoms with Crippen LogP contribution in [-0.4, -0.2) is 17.0 Å². The molecule has 2 N–H and O–H groups in total. The second kappa shape index (κ2) is 4.41. The number of hydrogen-bond acceptors (Lipinski definition) is 2. The van der Waals surface area contributed by atoms with E-state index in [9.17, 15) is 9.59 Å². The summed E-state index contributed by atoms with van der Waals surface area (Å²) < 4.78 is 0.770. The van der Waals surface area contributed by atoms with Crippen LogP contribution in [0.25, 0.3) is 0 Å². The summed E-state index contributed by atoms with van der Waals surface area (Å²) in [5.41, 5.74) is 0.669. The molecular weight excluding hydrogens is 297 g/mol. The molecule has 0 saturated carbocycles. The summed E-state index contributed by atoms with van der Waals surface area (Å²) in [6.45, 7) is 1.38. The van der Waals surface area contributed by atoms with E-state index < -0.39 is 5.97 Å². The largest absolute Gasteiger partial charge is 0.478 e. The van der Waals surface area contributed by atoms with Crippen molar-refractivity contribution in [3.8, 4) is 0 Å². The van der Waals surface area contributed by atoms with E-state index in [1.165, 1.54) is 19.1 Å². The molecule has 74 valence electrons. The fraction of sp³-hybridized carbons (Fsp3) is 0.111. The van der Waals surface area contributed by atoms with Crippen molar-refractivity contribution in [1.82, 2.24) is 0 Å². The normalized spacial score (nSPS) is 9.57. The van der Waals surface area contributed by atoms with Crippen molar-refractivity contribution >= 4 is 40.2 Å². The van der Waals surface area contributed by atoms with E-state index in [2.05, 4.69) is 5.32 Å². The third kappa shape index (κ3) is 2.99. The Morgan fingerprint density at radius 1 is 1.36 bits per heavy atom. The number of hydrogen-bond donors (Lipinski definition) is 2. The molecule has 0 aliphatic carbocycles. The lowest BCUT2D eigenvalue weighted by atomic mass is 10.2. The average molecular weight is 305 g/mol. The molecule has 0 heterocycles. The number of rotatable bonds is 2. The van der Waals surface area contributed by atoms with Gasteiger partial charge in [0.15, 0.2) is 0 Å². The quantitative estimate of drug-likeness (QED) is 0.821. The highest BCUT2D eigenvalue weighted by Gasteiger charge is 2.06. The second-order valence-electron chi connectivity index (χ2n) is 2.71. The van der Waals surface area contributed by atoms with Gasteiger partial charge in [0.05, 0.1) is 5.56 Å². The molecular formula is C9H8INO3. The molecule has 14 heavy (non-hydrogen) atoms. The number of nitrogens with one attached hydrogen (secondary N) is 1. The Labute approximate surface area is 94.5 Å². The molecule has 1 aromatic rings. The van der Waals surface area contributed by atoms with Gasteiger partial charge in [-0.05, 0) is 40.8 Å². The van der Waals surface area contributed by atoms with Crippen LogP contribution >= 0.6 is 22.6 Å². The highest BCUT2D eigenvalue weighted by Crippen LogP contribution is 2.16. The number of anilines is 1. The van der Waals surface area contributed by atoms with Crippen LogP contribution in [0, 0.1) is 3.57 Å². The molecule has 0 aliphatic rings. The van der Waals surface area contributed by atoms with Gasteiger partial charge in [-0.15, -0.1) is 0 Å². The lowest BCUT2D eigenvalue weighted by molar-refractivity contribution is -0.114. The maximum Gasteiger partial charge on any atom is 0.335 e. The molecule has 1 aromatic carbocycles. The number of carbonyl (C=O) groups excluding carboxylic acids is 1. The summed E-state index contributed by atoms with van der Waals surface area (Å²) in [5.74, 6) is -1.22. The second-order valence-corrected chi connectivity index (χ2v) is 3.96. The van der Waals surface area contributed by atoms with E-state index in [0.29, 0.717) is 5.69 Å². The molecule has 0 radical (unpaired) electrons. The van der Waals surface area contributed by atoms with Crippen molar-refractivity contribution in [2.24, 2.45) is 0 Å². The number of benzene rings is 1. The van der Waals surface area contributed by atoms with Crippen LogP contribution in [0.3, 0.4) is 0 Å². The number of carboxylic acids is 1. The van der Waals surface area contributed by atoms with Crippen LogP contribution < -0.4 is 5.32 Å². The first-order valence-electron chi connectivity index (χ1n) is 3.80. The summed E-state index contributed by atoms with van der Waals surface area (Å²) in [7, 11) is 0. The molecule has 1 rings (SSSR count). The van der Waals surface area contributed by atoms with Crippen LogP contribution in [0.4, 0.5) is 5.69 Å².